The number of methoxy groups -OCH3 is 4. The minimum Gasteiger partial charge on any atom is -0.493 e. The molecule has 2 heterocycles. The first-order valence-electron chi connectivity index (χ1n) is 9.34. The quantitative estimate of drug-likeness (QED) is 0.445. The fraction of sp³-hybridized carbons (Fsp3) is 0.174. The fourth-order valence-corrected chi connectivity index (χ4v) is 3.27. The Kier molecular flexibility index (Phi) is 5.44. The van der Waals surface area contributed by atoms with Crippen molar-refractivity contribution in [2.24, 2.45) is 4.99 Å². The van der Waals surface area contributed by atoms with Crippen molar-refractivity contribution < 1.29 is 28.5 Å². The van der Waals surface area contributed by atoms with Crippen molar-refractivity contribution in [2.45, 2.75) is 0 Å². The SMILES string of the molecule is COc1cc(C2=NC(=Cc3cc4ccccc4nc3OC)C(=O)O2)cc(OC)c1OC. The minimum absolute atomic E-state index is 0.124. The topological polar surface area (TPSA) is 88.5 Å². The van der Waals surface area contributed by atoms with E-state index in [0.29, 0.717) is 34.3 Å². The first-order valence-corrected chi connectivity index (χ1v) is 9.34. The Morgan fingerprint density at radius 2 is 1.61 bits per heavy atom. The summed E-state index contributed by atoms with van der Waals surface area (Å²) < 4.78 is 26.8. The zero-order valence-corrected chi connectivity index (χ0v) is 17.5. The van der Waals surface area contributed by atoms with Gasteiger partial charge in [-0.25, -0.2) is 14.8 Å². The molecule has 0 saturated carbocycles. The number of carbonyl (C=O) groups excluding carboxylic acids is 1. The van der Waals surface area contributed by atoms with Gasteiger partial charge in [0.25, 0.3) is 0 Å². The molecule has 0 saturated heterocycles. The van der Waals surface area contributed by atoms with Crippen molar-refractivity contribution in [3.63, 3.8) is 0 Å². The van der Waals surface area contributed by atoms with Crippen LogP contribution in [0.1, 0.15) is 11.1 Å². The molecule has 158 valence electrons. The van der Waals surface area contributed by atoms with E-state index in [2.05, 4.69) is 9.98 Å². The van der Waals surface area contributed by atoms with E-state index in [-0.39, 0.29) is 11.6 Å². The largest absolute Gasteiger partial charge is 0.493 e. The van der Waals surface area contributed by atoms with Gasteiger partial charge in [-0.3, -0.25) is 0 Å². The van der Waals surface area contributed by atoms with Crippen LogP contribution in [0.15, 0.2) is 53.2 Å². The molecule has 1 aliphatic heterocycles. The summed E-state index contributed by atoms with van der Waals surface area (Å²) in [4.78, 5) is 21.4. The van der Waals surface area contributed by atoms with E-state index in [1.54, 1.807) is 18.2 Å². The molecule has 0 fully saturated rings. The van der Waals surface area contributed by atoms with E-state index >= 15 is 0 Å². The van der Waals surface area contributed by atoms with Crippen LogP contribution in [-0.4, -0.2) is 45.3 Å². The highest BCUT2D eigenvalue weighted by Gasteiger charge is 2.27. The van der Waals surface area contributed by atoms with Gasteiger partial charge in [0.05, 0.1) is 34.0 Å². The molecule has 2 aromatic carbocycles. The van der Waals surface area contributed by atoms with Crippen LogP contribution in [0.4, 0.5) is 0 Å². The zero-order chi connectivity index (χ0) is 22.0. The smallest absolute Gasteiger partial charge is 0.363 e. The van der Waals surface area contributed by atoms with Crippen LogP contribution in [0.2, 0.25) is 0 Å². The van der Waals surface area contributed by atoms with Gasteiger partial charge in [0, 0.05) is 16.5 Å². The molecule has 0 atom stereocenters. The van der Waals surface area contributed by atoms with Gasteiger partial charge in [-0.2, -0.15) is 0 Å². The Morgan fingerprint density at radius 1 is 0.903 bits per heavy atom. The number of esters is 1. The molecule has 0 radical (unpaired) electrons. The van der Waals surface area contributed by atoms with Crippen LogP contribution < -0.4 is 18.9 Å². The van der Waals surface area contributed by atoms with Gasteiger partial charge in [0.15, 0.2) is 17.2 Å². The Morgan fingerprint density at radius 3 is 2.26 bits per heavy atom. The molecule has 1 aliphatic rings. The highest BCUT2D eigenvalue weighted by molar-refractivity contribution is 6.13. The molecule has 0 N–H and O–H groups in total. The summed E-state index contributed by atoms with van der Waals surface area (Å²) in [7, 11) is 6.05. The predicted molar refractivity (Wildman–Crippen MR) is 115 cm³/mol. The number of pyridine rings is 1. The van der Waals surface area contributed by atoms with E-state index in [1.165, 1.54) is 28.4 Å². The van der Waals surface area contributed by atoms with Crippen molar-refractivity contribution in [1.82, 2.24) is 4.98 Å². The maximum atomic E-state index is 12.5. The van der Waals surface area contributed by atoms with E-state index in [0.717, 1.165) is 10.9 Å². The van der Waals surface area contributed by atoms with Crippen molar-refractivity contribution in [3.05, 3.63) is 59.3 Å². The summed E-state index contributed by atoms with van der Waals surface area (Å²) >= 11 is 0. The van der Waals surface area contributed by atoms with E-state index in [4.69, 9.17) is 23.7 Å². The first kappa shape index (κ1) is 20.2. The molecule has 0 unspecified atom stereocenters. The second-order valence-corrected chi connectivity index (χ2v) is 6.53. The lowest BCUT2D eigenvalue weighted by Crippen LogP contribution is -2.07. The number of carbonyl (C=O) groups is 1. The van der Waals surface area contributed by atoms with Gasteiger partial charge in [-0.15, -0.1) is 0 Å². The lowest BCUT2D eigenvalue weighted by Gasteiger charge is -2.13. The summed E-state index contributed by atoms with van der Waals surface area (Å²) in [5.74, 6) is 1.21. The van der Waals surface area contributed by atoms with E-state index < -0.39 is 5.97 Å². The average molecular weight is 420 g/mol. The van der Waals surface area contributed by atoms with Gasteiger partial charge < -0.3 is 23.7 Å². The summed E-state index contributed by atoms with van der Waals surface area (Å²) in [6.07, 6.45) is 1.59. The van der Waals surface area contributed by atoms with Gasteiger partial charge in [0.1, 0.15) is 0 Å². The maximum Gasteiger partial charge on any atom is 0.363 e. The van der Waals surface area contributed by atoms with Crippen LogP contribution >= 0.6 is 0 Å². The number of nitrogens with zero attached hydrogens (tertiary/aromatic N) is 2. The number of hydrogen-bond acceptors (Lipinski definition) is 8. The summed E-state index contributed by atoms with van der Waals surface area (Å²) in [6.45, 7) is 0. The molecule has 0 spiro atoms. The number of cyclic esters (lactones) is 1. The van der Waals surface area contributed by atoms with Crippen molar-refractivity contribution in [3.8, 4) is 23.1 Å². The Bertz CT molecular complexity index is 1210. The number of hydrogen-bond donors (Lipinski definition) is 0. The number of ether oxygens (including phenoxy) is 5. The van der Waals surface area contributed by atoms with E-state index in [1.807, 2.05) is 30.3 Å². The van der Waals surface area contributed by atoms with Crippen molar-refractivity contribution in [1.29, 1.82) is 0 Å². The standard InChI is InChI=1S/C23H20N2O6/c1-27-18-11-15(12-19(28-2)20(18)29-3)22-25-17(23(26)31-22)10-14-9-13-7-5-6-8-16(13)24-21(14)30-4/h5-12H,1-4H3. The number of aliphatic imine (C=N–C) groups is 1. The van der Waals surface area contributed by atoms with Gasteiger partial charge >= 0.3 is 5.97 Å². The fourth-order valence-electron chi connectivity index (χ4n) is 3.27. The van der Waals surface area contributed by atoms with Gasteiger partial charge in [-0.1, -0.05) is 18.2 Å². The van der Waals surface area contributed by atoms with Gasteiger partial charge in [-0.05, 0) is 30.3 Å². The number of benzene rings is 2. The molecule has 0 bridgehead atoms. The van der Waals surface area contributed by atoms with E-state index in [9.17, 15) is 4.79 Å². The van der Waals surface area contributed by atoms with Crippen LogP contribution in [0.5, 0.6) is 23.1 Å². The summed E-state index contributed by atoms with van der Waals surface area (Å²) in [6, 6.07) is 12.8. The third-order valence-corrected chi connectivity index (χ3v) is 4.73. The normalized spacial score (nSPS) is 14.4. The maximum absolute atomic E-state index is 12.5. The third-order valence-electron chi connectivity index (χ3n) is 4.73. The third kappa shape index (κ3) is 3.75. The van der Waals surface area contributed by atoms with Crippen LogP contribution in [0.25, 0.3) is 17.0 Å². The highest BCUT2D eigenvalue weighted by atomic mass is 16.6. The van der Waals surface area contributed by atoms with Crippen molar-refractivity contribution in [2.75, 3.05) is 28.4 Å². The Labute approximate surface area is 178 Å². The highest BCUT2D eigenvalue weighted by Crippen LogP contribution is 2.39. The predicted octanol–water partition coefficient (Wildman–Crippen LogP) is 3.61. The average Bonchev–Trinajstić information content (AvgIpc) is 3.17. The Balaban J connectivity index is 1.77. The minimum atomic E-state index is -0.584. The molecule has 0 amide bonds. The second-order valence-electron chi connectivity index (χ2n) is 6.53. The number of rotatable bonds is 6. The monoisotopic (exact) mass is 420 g/mol. The molecule has 1 aromatic heterocycles. The molecule has 3 aromatic rings. The molecule has 4 rings (SSSR count). The molecular formula is C23H20N2O6. The first-order chi connectivity index (χ1) is 15.1. The van der Waals surface area contributed by atoms with Crippen LogP contribution in [-0.2, 0) is 9.53 Å². The zero-order valence-electron chi connectivity index (χ0n) is 17.5. The number of fused-ring (bicyclic) bond motifs is 1. The Hall–Kier alpha value is -4.07. The van der Waals surface area contributed by atoms with Crippen LogP contribution in [0, 0.1) is 0 Å². The molecular weight excluding hydrogens is 400 g/mol. The molecule has 8 heteroatoms. The number of aromatic nitrogens is 1. The summed E-state index contributed by atoms with van der Waals surface area (Å²) in [5, 5.41) is 0.912. The summed E-state index contributed by atoms with van der Waals surface area (Å²) in [5.41, 5.74) is 2.04. The van der Waals surface area contributed by atoms with Gasteiger partial charge in [0.2, 0.25) is 17.5 Å². The second kappa shape index (κ2) is 8.35. The molecule has 31 heavy (non-hydrogen) atoms. The van der Waals surface area contributed by atoms with Crippen molar-refractivity contribution >= 4 is 28.8 Å². The molecule has 8 nitrogen and oxygen atoms in total. The van der Waals surface area contributed by atoms with Crippen LogP contribution in [0.3, 0.4) is 0 Å². The molecule has 0 aliphatic carbocycles. The number of para-hydroxylation sites is 1. The lowest BCUT2D eigenvalue weighted by molar-refractivity contribution is -0.129. The lowest BCUT2D eigenvalue weighted by atomic mass is 10.1.